The second-order valence-corrected chi connectivity index (χ2v) is 6.10. The SMILES string of the molecule is CN(C)c1ccc(C(=O)NCCNC(=O)CNC(=O)c2ccccc2)cc1. The number of rotatable bonds is 8. The average Bonchev–Trinajstić information content (AvgIpc) is 2.70. The third-order valence-electron chi connectivity index (χ3n) is 3.82. The topological polar surface area (TPSA) is 90.5 Å². The van der Waals surface area contributed by atoms with Crippen molar-refractivity contribution in [3.05, 3.63) is 65.7 Å². The smallest absolute Gasteiger partial charge is 0.251 e. The molecular formula is C20H24N4O3. The zero-order valence-electron chi connectivity index (χ0n) is 15.5. The first-order valence-electron chi connectivity index (χ1n) is 8.63. The monoisotopic (exact) mass is 368 g/mol. The summed E-state index contributed by atoms with van der Waals surface area (Å²) in [4.78, 5) is 37.6. The number of anilines is 1. The predicted molar refractivity (Wildman–Crippen MR) is 105 cm³/mol. The van der Waals surface area contributed by atoms with E-state index in [1.807, 2.05) is 37.2 Å². The molecule has 0 aliphatic rings. The molecule has 2 rings (SSSR count). The Kier molecular flexibility index (Phi) is 7.37. The fourth-order valence-corrected chi connectivity index (χ4v) is 2.31. The van der Waals surface area contributed by atoms with Gasteiger partial charge in [0.25, 0.3) is 11.8 Å². The van der Waals surface area contributed by atoms with E-state index in [9.17, 15) is 14.4 Å². The minimum absolute atomic E-state index is 0.117. The van der Waals surface area contributed by atoms with Crippen molar-refractivity contribution < 1.29 is 14.4 Å². The summed E-state index contributed by atoms with van der Waals surface area (Å²) in [6.07, 6.45) is 0. The van der Waals surface area contributed by atoms with Crippen molar-refractivity contribution in [2.24, 2.45) is 0 Å². The summed E-state index contributed by atoms with van der Waals surface area (Å²) in [6.45, 7) is 0.460. The van der Waals surface area contributed by atoms with Gasteiger partial charge in [-0.15, -0.1) is 0 Å². The Morgan fingerprint density at radius 1 is 0.741 bits per heavy atom. The molecule has 0 heterocycles. The molecule has 0 atom stereocenters. The number of nitrogens with zero attached hydrogens (tertiary/aromatic N) is 1. The van der Waals surface area contributed by atoms with Crippen LogP contribution in [-0.2, 0) is 4.79 Å². The number of carbonyl (C=O) groups is 3. The van der Waals surface area contributed by atoms with Gasteiger partial charge in [0.1, 0.15) is 0 Å². The number of hydrogen-bond acceptors (Lipinski definition) is 4. The fourth-order valence-electron chi connectivity index (χ4n) is 2.31. The minimum atomic E-state index is -0.316. The molecule has 0 aliphatic heterocycles. The van der Waals surface area contributed by atoms with Crippen LogP contribution in [0.3, 0.4) is 0 Å². The van der Waals surface area contributed by atoms with Crippen LogP contribution in [0.1, 0.15) is 20.7 Å². The highest BCUT2D eigenvalue weighted by molar-refractivity contribution is 5.96. The highest BCUT2D eigenvalue weighted by Gasteiger charge is 2.08. The maximum absolute atomic E-state index is 12.0. The van der Waals surface area contributed by atoms with Crippen LogP contribution in [0.15, 0.2) is 54.6 Å². The minimum Gasteiger partial charge on any atom is -0.378 e. The van der Waals surface area contributed by atoms with Crippen LogP contribution < -0.4 is 20.9 Å². The van der Waals surface area contributed by atoms with Gasteiger partial charge in [-0.2, -0.15) is 0 Å². The van der Waals surface area contributed by atoms with Crippen LogP contribution in [0.5, 0.6) is 0 Å². The fraction of sp³-hybridized carbons (Fsp3) is 0.250. The molecule has 0 saturated heterocycles. The van der Waals surface area contributed by atoms with E-state index in [0.29, 0.717) is 17.7 Å². The summed E-state index contributed by atoms with van der Waals surface area (Å²) < 4.78 is 0. The Morgan fingerprint density at radius 2 is 1.30 bits per heavy atom. The van der Waals surface area contributed by atoms with Crippen molar-refractivity contribution in [2.75, 3.05) is 38.6 Å². The Labute approximate surface area is 158 Å². The van der Waals surface area contributed by atoms with Gasteiger partial charge in [-0.3, -0.25) is 14.4 Å². The maximum Gasteiger partial charge on any atom is 0.251 e. The summed E-state index contributed by atoms with van der Waals surface area (Å²) in [5.74, 6) is -0.823. The lowest BCUT2D eigenvalue weighted by molar-refractivity contribution is -0.120. The zero-order valence-corrected chi connectivity index (χ0v) is 15.5. The Balaban J connectivity index is 1.65. The van der Waals surface area contributed by atoms with Gasteiger partial charge in [0.2, 0.25) is 5.91 Å². The van der Waals surface area contributed by atoms with Crippen molar-refractivity contribution in [2.45, 2.75) is 0 Å². The van der Waals surface area contributed by atoms with Crippen LogP contribution in [0, 0.1) is 0 Å². The maximum atomic E-state index is 12.0. The molecule has 0 bridgehead atoms. The zero-order chi connectivity index (χ0) is 19.6. The molecule has 0 radical (unpaired) electrons. The molecule has 3 amide bonds. The average molecular weight is 368 g/mol. The summed E-state index contributed by atoms with van der Waals surface area (Å²) in [5, 5.41) is 7.93. The Hall–Kier alpha value is -3.35. The molecule has 0 spiro atoms. The van der Waals surface area contributed by atoms with Gasteiger partial charge in [0.15, 0.2) is 0 Å². The Morgan fingerprint density at radius 3 is 1.93 bits per heavy atom. The van der Waals surface area contributed by atoms with E-state index in [2.05, 4.69) is 16.0 Å². The predicted octanol–water partition coefficient (Wildman–Crippen LogP) is 1.03. The first kappa shape index (κ1) is 20.0. The molecule has 3 N–H and O–H groups in total. The third-order valence-corrected chi connectivity index (χ3v) is 3.82. The summed E-state index contributed by atoms with van der Waals surface area (Å²) in [5.41, 5.74) is 2.07. The molecule has 0 saturated carbocycles. The molecule has 0 aliphatic carbocycles. The van der Waals surface area contributed by atoms with Crippen LogP contribution in [0.25, 0.3) is 0 Å². The standard InChI is InChI=1S/C20H24N4O3/c1-24(2)17-10-8-16(9-11-17)19(26)22-13-12-21-18(25)14-23-20(27)15-6-4-3-5-7-15/h3-11H,12-14H2,1-2H3,(H,21,25)(H,22,26)(H,23,27). The summed E-state index contributed by atoms with van der Waals surface area (Å²) >= 11 is 0. The molecule has 0 unspecified atom stereocenters. The highest BCUT2D eigenvalue weighted by Crippen LogP contribution is 2.11. The van der Waals surface area contributed by atoms with Crippen molar-refractivity contribution in [3.63, 3.8) is 0 Å². The Bertz CT molecular complexity index is 774. The quantitative estimate of drug-likeness (QED) is 0.607. The lowest BCUT2D eigenvalue weighted by Crippen LogP contribution is -2.40. The van der Waals surface area contributed by atoms with Gasteiger partial charge in [-0.1, -0.05) is 18.2 Å². The van der Waals surface area contributed by atoms with Gasteiger partial charge in [0, 0.05) is 44.0 Å². The highest BCUT2D eigenvalue weighted by atomic mass is 16.2. The second kappa shape index (κ2) is 9.96. The molecule has 7 nitrogen and oxygen atoms in total. The molecule has 7 heteroatoms. The second-order valence-electron chi connectivity index (χ2n) is 6.10. The van der Waals surface area contributed by atoms with Gasteiger partial charge in [-0.25, -0.2) is 0 Å². The van der Waals surface area contributed by atoms with Crippen molar-refractivity contribution >= 4 is 23.4 Å². The molecule has 2 aromatic carbocycles. The van der Waals surface area contributed by atoms with Crippen LogP contribution in [0.4, 0.5) is 5.69 Å². The number of carbonyl (C=O) groups excluding carboxylic acids is 3. The largest absolute Gasteiger partial charge is 0.378 e. The van der Waals surface area contributed by atoms with E-state index in [0.717, 1.165) is 5.69 Å². The lowest BCUT2D eigenvalue weighted by atomic mass is 10.2. The van der Waals surface area contributed by atoms with Gasteiger partial charge >= 0.3 is 0 Å². The molecule has 2 aromatic rings. The van der Waals surface area contributed by atoms with Gasteiger partial charge in [-0.05, 0) is 36.4 Å². The number of benzene rings is 2. The van der Waals surface area contributed by atoms with Crippen molar-refractivity contribution in [1.82, 2.24) is 16.0 Å². The molecule has 142 valence electrons. The van der Waals surface area contributed by atoms with Crippen LogP contribution >= 0.6 is 0 Å². The van der Waals surface area contributed by atoms with E-state index in [4.69, 9.17) is 0 Å². The first-order chi connectivity index (χ1) is 13.0. The van der Waals surface area contributed by atoms with Gasteiger partial charge < -0.3 is 20.9 Å². The van der Waals surface area contributed by atoms with E-state index in [-0.39, 0.29) is 30.8 Å². The summed E-state index contributed by atoms with van der Waals surface area (Å²) in [7, 11) is 3.86. The van der Waals surface area contributed by atoms with E-state index < -0.39 is 0 Å². The lowest BCUT2D eigenvalue weighted by Gasteiger charge is -2.12. The number of hydrogen-bond donors (Lipinski definition) is 3. The van der Waals surface area contributed by atoms with Crippen molar-refractivity contribution in [1.29, 1.82) is 0 Å². The molecule has 0 aromatic heterocycles. The van der Waals surface area contributed by atoms with Crippen molar-refractivity contribution in [3.8, 4) is 0 Å². The number of nitrogens with one attached hydrogen (secondary N) is 3. The van der Waals surface area contributed by atoms with E-state index >= 15 is 0 Å². The van der Waals surface area contributed by atoms with Crippen LogP contribution in [-0.4, -0.2) is 51.5 Å². The van der Waals surface area contributed by atoms with E-state index in [1.54, 1.807) is 36.4 Å². The molecule has 27 heavy (non-hydrogen) atoms. The van der Waals surface area contributed by atoms with E-state index in [1.165, 1.54) is 0 Å². The van der Waals surface area contributed by atoms with Gasteiger partial charge in [0.05, 0.1) is 6.54 Å². The molecular weight excluding hydrogens is 344 g/mol. The first-order valence-corrected chi connectivity index (χ1v) is 8.63. The van der Waals surface area contributed by atoms with Crippen LogP contribution in [0.2, 0.25) is 0 Å². The number of amides is 3. The normalized spacial score (nSPS) is 10.0. The summed E-state index contributed by atoms with van der Waals surface area (Å²) in [6, 6.07) is 15.9. The third kappa shape index (κ3) is 6.47. The molecule has 0 fully saturated rings.